The van der Waals surface area contributed by atoms with Gasteiger partial charge < -0.3 is 4.57 Å². The Bertz CT molecular complexity index is 225. The molecule has 0 radical (unpaired) electrons. The number of hydrogen-bond acceptors (Lipinski definition) is 1. The molecule has 0 atom stereocenters. The van der Waals surface area contributed by atoms with Crippen molar-refractivity contribution in [3.05, 3.63) is 18.2 Å². The highest BCUT2D eigenvalue weighted by atomic mass is 15.1. The second-order valence-corrected chi connectivity index (χ2v) is 3.81. The second-order valence-electron chi connectivity index (χ2n) is 3.81. The number of hydrogen-bond donors (Lipinski definition) is 0. The van der Waals surface area contributed by atoms with Crippen LogP contribution < -0.4 is 0 Å². The van der Waals surface area contributed by atoms with Crippen LogP contribution in [0.5, 0.6) is 0 Å². The molecule has 0 saturated heterocycles. The molecular weight excluding hydrogens is 124 g/mol. The highest BCUT2D eigenvalue weighted by Crippen LogP contribution is 2.29. The lowest BCUT2D eigenvalue weighted by Crippen LogP contribution is -2.11. The van der Waals surface area contributed by atoms with Gasteiger partial charge in [-0.1, -0.05) is 13.8 Å². The highest BCUT2D eigenvalue weighted by molar-refractivity contribution is 5.02. The molecule has 0 saturated carbocycles. The molecule has 0 unspecified atom stereocenters. The lowest BCUT2D eigenvalue weighted by Gasteiger charge is -2.13. The minimum Gasteiger partial charge on any atom is -0.334 e. The third-order valence-corrected chi connectivity index (χ3v) is 2.04. The van der Waals surface area contributed by atoms with E-state index in [-0.39, 0.29) is 0 Å². The van der Waals surface area contributed by atoms with Crippen molar-refractivity contribution >= 4 is 0 Å². The Hall–Kier alpha value is -0.790. The summed E-state index contributed by atoms with van der Waals surface area (Å²) in [4.78, 5) is 4.26. The fourth-order valence-corrected chi connectivity index (χ4v) is 1.60. The first-order valence-electron chi connectivity index (χ1n) is 3.67. The largest absolute Gasteiger partial charge is 0.334 e. The molecule has 0 bridgehead atoms. The summed E-state index contributed by atoms with van der Waals surface area (Å²) < 4.78 is 2.24. The number of rotatable bonds is 0. The third kappa shape index (κ3) is 0.753. The van der Waals surface area contributed by atoms with E-state index in [9.17, 15) is 0 Å². The standard InChI is InChI=1S/C8H12N2/c1-8(2)5-7-9-3-4-10(7)6-8/h3-4H,5-6H2,1-2H3. The van der Waals surface area contributed by atoms with Crippen LogP contribution in [0, 0.1) is 5.41 Å². The van der Waals surface area contributed by atoms with Gasteiger partial charge in [-0.25, -0.2) is 4.98 Å². The van der Waals surface area contributed by atoms with Crippen molar-refractivity contribution in [2.75, 3.05) is 0 Å². The molecule has 2 nitrogen and oxygen atoms in total. The van der Waals surface area contributed by atoms with E-state index in [4.69, 9.17) is 0 Å². The van der Waals surface area contributed by atoms with E-state index >= 15 is 0 Å². The topological polar surface area (TPSA) is 17.8 Å². The first-order valence-corrected chi connectivity index (χ1v) is 3.67. The van der Waals surface area contributed by atoms with E-state index < -0.39 is 0 Å². The molecule has 0 N–H and O–H groups in total. The van der Waals surface area contributed by atoms with Gasteiger partial charge in [0.1, 0.15) is 5.82 Å². The molecule has 2 heteroatoms. The van der Waals surface area contributed by atoms with Crippen LogP contribution >= 0.6 is 0 Å². The Kier molecular flexibility index (Phi) is 0.967. The summed E-state index contributed by atoms with van der Waals surface area (Å²) in [5.74, 6) is 1.24. The third-order valence-electron chi connectivity index (χ3n) is 2.04. The molecule has 1 aliphatic heterocycles. The molecule has 2 rings (SSSR count). The minimum absolute atomic E-state index is 0.434. The van der Waals surface area contributed by atoms with Crippen molar-refractivity contribution in [3.63, 3.8) is 0 Å². The first kappa shape index (κ1) is 5.96. The van der Waals surface area contributed by atoms with E-state index in [1.807, 2.05) is 6.20 Å². The van der Waals surface area contributed by atoms with Crippen molar-refractivity contribution in [1.82, 2.24) is 9.55 Å². The lowest BCUT2D eigenvalue weighted by molar-refractivity contribution is 0.358. The van der Waals surface area contributed by atoms with Gasteiger partial charge in [-0.3, -0.25) is 0 Å². The van der Waals surface area contributed by atoms with Crippen molar-refractivity contribution < 1.29 is 0 Å². The van der Waals surface area contributed by atoms with Gasteiger partial charge in [0.2, 0.25) is 0 Å². The summed E-state index contributed by atoms with van der Waals surface area (Å²) in [6.45, 7) is 5.69. The van der Waals surface area contributed by atoms with Crippen LogP contribution in [0.3, 0.4) is 0 Å². The minimum atomic E-state index is 0.434. The molecule has 0 fully saturated rings. The quantitative estimate of drug-likeness (QED) is 0.528. The Morgan fingerprint density at radius 2 is 2.40 bits per heavy atom. The lowest BCUT2D eigenvalue weighted by atomic mass is 9.92. The van der Waals surface area contributed by atoms with Crippen molar-refractivity contribution in [2.24, 2.45) is 5.41 Å². The molecule has 10 heavy (non-hydrogen) atoms. The Morgan fingerprint density at radius 3 is 3.10 bits per heavy atom. The van der Waals surface area contributed by atoms with E-state index in [1.54, 1.807) is 0 Å². The molecule has 0 aromatic carbocycles. The molecule has 54 valence electrons. The molecule has 0 spiro atoms. The summed E-state index contributed by atoms with van der Waals surface area (Å²) in [6, 6.07) is 0. The Labute approximate surface area is 60.9 Å². The van der Waals surface area contributed by atoms with Gasteiger partial charge in [0.15, 0.2) is 0 Å². The smallest absolute Gasteiger partial charge is 0.109 e. The molecule has 1 aromatic heterocycles. The molecule has 1 aliphatic rings. The van der Waals surface area contributed by atoms with Crippen molar-refractivity contribution in [1.29, 1.82) is 0 Å². The summed E-state index contributed by atoms with van der Waals surface area (Å²) in [5, 5.41) is 0. The van der Waals surface area contributed by atoms with Crippen LogP contribution in [0.1, 0.15) is 19.7 Å². The van der Waals surface area contributed by atoms with Gasteiger partial charge in [-0.15, -0.1) is 0 Å². The van der Waals surface area contributed by atoms with Crippen molar-refractivity contribution in [3.8, 4) is 0 Å². The number of aromatic nitrogens is 2. The van der Waals surface area contributed by atoms with Crippen LogP contribution in [0.15, 0.2) is 12.4 Å². The van der Waals surface area contributed by atoms with Crippen LogP contribution in [-0.2, 0) is 13.0 Å². The van der Waals surface area contributed by atoms with Gasteiger partial charge in [0.25, 0.3) is 0 Å². The zero-order chi connectivity index (χ0) is 7.19. The maximum Gasteiger partial charge on any atom is 0.109 e. The van der Waals surface area contributed by atoms with E-state index in [0.29, 0.717) is 5.41 Å². The maximum atomic E-state index is 4.26. The molecule has 0 aliphatic carbocycles. The summed E-state index contributed by atoms with van der Waals surface area (Å²) in [5.41, 5.74) is 0.434. The molecule has 2 heterocycles. The average Bonchev–Trinajstić information content (AvgIpc) is 2.20. The normalized spacial score (nSPS) is 21.0. The second kappa shape index (κ2) is 1.62. The highest BCUT2D eigenvalue weighted by Gasteiger charge is 2.28. The SMILES string of the molecule is CC1(C)Cc2nccn2C1. The summed E-state index contributed by atoms with van der Waals surface area (Å²) in [6.07, 6.45) is 5.06. The van der Waals surface area contributed by atoms with Gasteiger partial charge in [-0.2, -0.15) is 0 Å². The monoisotopic (exact) mass is 136 g/mol. The van der Waals surface area contributed by atoms with E-state index in [2.05, 4.69) is 29.6 Å². The number of nitrogens with zero attached hydrogens (tertiary/aromatic N) is 2. The average molecular weight is 136 g/mol. The predicted octanol–water partition coefficient (Wildman–Crippen LogP) is 1.47. The van der Waals surface area contributed by atoms with Crippen molar-refractivity contribution in [2.45, 2.75) is 26.8 Å². The predicted molar refractivity (Wildman–Crippen MR) is 39.7 cm³/mol. The van der Waals surface area contributed by atoms with E-state index in [1.165, 1.54) is 5.82 Å². The summed E-state index contributed by atoms with van der Waals surface area (Å²) >= 11 is 0. The maximum absolute atomic E-state index is 4.26. The van der Waals surface area contributed by atoms with Gasteiger partial charge in [0.05, 0.1) is 0 Å². The van der Waals surface area contributed by atoms with Crippen LogP contribution in [0.25, 0.3) is 0 Å². The molecule has 0 amide bonds. The fraction of sp³-hybridized carbons (Fsp3) is 0.625. The van der Waals surface area contributed by atoms with E-state index in [0.717, 1.165) is 13.0 Å². The van der Waals surface area contributed by atoms with Gasteiger partial charge >= 0.3 is 0 Å². The number of imidazole rings is 1. The number of fused-ring (bicyclic) bond motifs is 1. The Balaban J connectivity index is 2.37. The molecule has 1 aromatic rings. The van der Waals surface area contributed by atoms with Gasteiger partial charge in [0, 0.05) is 25.4 Å². The fourth-order valence-electron chi connectivity index (χ4n) is 1.60. The first-order chi connectivity index (χ1) is 4.67. The summed E-state index contributed by atoms with van der Waals surface area (Å²) in [7, 11) is 0. The van der Waals surface area contributed by atoms with Crippen LogP contribution in [-0.4, -0.2) is 9.55 Å². The molecular formula is C8H12N2. The van der Waals surface area contributed by atoms with Crippen LogP contribution in [0.4, 0.5) is 0 Å². The Morgan fingerprint density at radius 1 is 1.60 bits per heavy atom. The van der Waals surface area contributed by atoms with Crippen LogP contribution in [0.2, 0.25) is 0 Å². The zero-order valence-corrected chi connectivity index (χ0v) is 6.46. The zero-order valence-electron chi connectivity index (χ0n) is 6.46. The van der Waals surface area contributed by atoms with Gasteiger partial charge in [-0.05, 0) is 5.41 Å².